The van der Waals surface area contributed by atoms with Crippen molar-refractivity contribution in [3.63, 3.8) is 0 Å². The minimum atomic E-state index is -0.607. The first-order chi connectivity index (χ1) is 12.2. The van der Waals surface area contributed by atoms with Crippen LogP contribution in [-0.2, 0) is 6.42 Å². The van der Waals surface area contributed by atoms with Gasteiger partial charge in [0.15, 0.2) is 0 Å². The van der Waals surface area contributed by atoms with Crippen LogP contribution in [0.5, 0.6) is 5.75 Å². The van der Waals surface area contributed by atoms with Gasteiger partial charge in [0.2, 0.25) is 0 Å². The van der Waals surface area contributed by atoms with Crippen molar-refractivity contribution in [1.29, 1.82) is 0 Å². The summed E-state index contributed by atoms with van der Waals surface area (Å²) >= 11 is 0. The topological polar surface area (TPSA) is 59.8 Å². The molecule has 0 unspecified atom stereocenters. The van der Waals surface area contributed by atoms with E-state index in [0.29, 0.717) is 12.1 Å². The monoisotopic (exact) mass is 335 g/mol. The molecule has 1 aliphatic rings. The van der Waals surface area contributed by atoms with E-state index in [-0.39, 0.29) is 11.5 Å². The van der Waals surface area contributed by atoms with E-state index in [1.54, 1.807) is 30.2 Å². The van der Waals surface area contributed by atoms with E-state index in [9.17, 15) is 9.59 Å². The molecular weight excluding hydrogens is 318 g/mol. The number of nitrogens with zero attached hydrogens (tertiary/aromatic N) is 1. The van der Waals surface area contributed by atoms with Crippen LogP contribution < -0.4 is 15.3 Å². The van der Waals surface area contributed by atoms with Crippen molar-refractivity contribution in [2.75, 3.05) is 18.6 Å². The van der Waals surface area contributed by atoms with Gasteiger partial charge in [-0.3, -0.25) is 4.79 Å². The summed E-state index contributed by atoms with van der Waals surface area (Å²) in [6.45, 7) is 0.574. The summed E-state index contributed by atoms with van der Waals surface area (Å²) in [4.78, 5) is 27.0. The molecule has 5 heteroatoms. The normalized spacial score (nSPS) is 13.6. The quantitative estimate of drug-likeness (QED) is 0.674. The van der Waals surface area contributed by atoms with E-state index in [1.807, 2.05) is 30.3 Å². The number of carbonyl (C=O) groups is 1. The number of hydrogen-bond donors (Lipinski definition) is 0. The fourth-order valence-electron chi connectivity index (χ4n) is 3.27. The van der Waals surface area contributed by atoms with Gasteiger partial charge < -0.3 is 14.1 Å². The fraction of sp³-hybridized carbons (Fsp3) is 0.200. The molecule has 0 fully saturated rings. The minimum absolute atomic E-state index is 0.0577. The van der Waals surface area contributed by atoms with Gasteiger partial charge in [0.1, 0.15) is 16.9 Å². The molecule has 0 spiro atoms. The third kappa shape index (κ3) is 2.67. The van der Waals surface area contributed by atoms with E-state index in [1.165, 1.54) is 0 Å². The van der Waals surface area contributed by atoms with E-state index in [2.05, 4.69) is 0 Å². The summed E-state index contributed by atoms with van der Waals surface area (Å²) in [6.07, 6.45) is 1.72. The molecular formula is C20H17NO4. The summed E-state index contributed by atoms with van der Waals surface area (Å²) in [5.41, 5.74) is 1.80. The van der Waals surface area contributed by atoms with Gasteiger partial charge in [-0.25, -0.2) is 4.79 Å². The molecule has 0 saturated carbocycles. The average Bonchev–Trinajstić information content (AvgIpc) is 2.66. The van der Waals surface area contributed by atoms with Crippen molar-refractivity contribution in [3.8, 4) is 5.75 Å². The number of hydrogen-bond acceptors (Lipinski definition) is 4. The Balaban J connectivity index is 1.78. The van der Waals surface area contributed by atoms with Crippen LogP contribution in [0.2, 0.25) is 0 Å². The maximum atomic E-state index is 13.0. The molecule has 0 N–H and O–H groups in total. The average molecular weight is 335 g/mol. The largest absolute Gasteiger partial charge is 0.497 e. The second-order valence-electron chi connectivity index (χ2n) is 6.04. The molecule has 4 rings (SSSR count). The van der Waals surface area contributed by atoms with Gasteiger partial charge in [0.25, 0.3) is 5.91 Å². The molecule has 3 aromatic rings. The SMILES string of the molecule is COc1ccc2c(c1)CCCN2C(=O)c1cc2ccccc2oc1=O. The van der Waals surface area contributed by atoms with Gasteiger partial charge in [-0.15, -0.1) is 0 Å². The molecule has 0 atom stereocenters. The number of methoxy groups -OCH3 is 1. The highest BCUT2D eigenvalue weighted by atomic mass is 16.5. The van der Waals surface area contributed by atoms with Gasteiger partial charge >= 0.3 is 5.63 Å². The lowest BCUT2D eigenvalue weighted by atomic mass is 10.0. The number of rotatable bonds is 2. The molecule has 1 amide bonds. The standard InChI is InChI=1S/C20H17NO4/c1-24-15-8-9-17-13(11-15)6-4-10-21(17)19(22)16-12-14-5-2-3-7-18(14)25-20(16)23/h2-3,5,7-9,11-12H,4,6,10H2,1H3. The Labute approximate surface area is 144 Å². The van der Waals surface area contributed by atoms with E-state index in [4.69, 9.17) is 9.15 Å². The zero-order valence-corrected chi connectivity index (χ0v) is 13.8. The lowest BCUT2D eigenvalue weighted by Crippen LogP contribution is -2.37. The number of fused-ring (bicyclic) bond motifs is 2. The molecule has 0 saturated heterocycles. The maximum absolute atomic E-state index is 13.0. The van der Waals surface area contributed by atoms with Crippen molar-refractivity contribution in [2.24, 2.45) is 0 Å². The van der Waals surface area contributed by atoms with Crippen LogP contribution in [-0.4, -0.2) is 19.6 Å². The first-order valence-corrected chi connectivity index (χ1v) is 8.19. The second kappa shape index (κ2) is 6.09. The summed E-state index contributed by atoms with van der Waals surface area (Å²) < 4.78 is 10.6. The van der Waals surface area contributed by atoms with E-state index in [0.717, 1.165) is 35.2 Å². The summed E-state index contributed by atoms with van der Waals surface area (Å²) in [5, 5.41) is 0.734. The van der Waals surface area contributed by atoms with E-state index < -0.39 is 5.63 Å². The predicted octanol–water partition coefficient (Wildman–Crippen LogP) is 3.39. The molecule has 126 valence electrons. The smallest absolute Gasteiger partial charge is 0.349 e. The van der Waals surface area contributed by atoms with Crippen LogP contribution in [0.3, 0.4) is 0 Å². The lowest BCUT2D eigenvalue weighted by Gasteiger charge is -2.29. The molecule has 0 bridgehead atoms. The molecule has 5 nitrogen and oxygen atoms in total. The van der Waals surface area contributed by atoms with Crippen molar-refractivity contribution in [3.05, 3.63) is 70.1 Å². The van der Waals surface area contributed by atoms with Crippen LogP contribution >= 0.6 is 0 Å². The minimum Gasteiger partial charge on any atom is -0.497 e. The van der Waals surface area contributed by atoms with Crippen molar-refractivity contribution >= 4 is 22.6 Å². The Kier molecular flexibility index (Phi) is 3.76. The fourth-order valence-corrected chi connectivity index (χ4v) is 3.27. The molecule has 25 heavy (non-hydrogen) atoms. The molecule has 0 aliphatic carbocycles. The van der Waals surface area contributed by atoms with Gasteiger partial charge in [-0.05, 0) is 48.7 Å². The van der Waals surface area contributed by atoms with Crippen LogP contribution in [0.1, 0.15) is 22.3 Å². The number of ether oxygens (including phenoxy) is 1. The highest BCUT2D eigenvalue weighted by Crippen LogP contribution is 2.31. The van der Waals surface area contributed by atoms with Gasteiger partial charge in [0, 0.05) is 17.6 Å². The van der Waals surface area contributed by atoms with Crippen molar-refractivity contribution in [1.82, 2.24) is 0 Å². The summed E-state index contributed by atoms with van der Waals surface area (Å²) in [5.74, 6) is 0.434. The first kappa shape index (κ1) is 15.4. The number of carbonyl (C=O) groups excluding carboxylic acids is 1. The van der Waals surface area contributed by atoms with Crippen molar-refractivity contribution < 1.29 is 13.9 Å². The van der Waals surface area contributed by atoms with Gasteiger partial charge in [0.05, 0.1) is 7.11 Å². The second-order valence-corrected chi connectivity index (χ2v) is 6.04. The Morgan fingerprint density at radius 1 is 1.16 bits per heavy atom. The molecule has 0 radical (unpaired) electrons. The summed E-state index contributed by atoms with van der Waals surface area (Å²) in [6, 6.07) is 14.4. The third-order valence-electron chi connectivity index (χ3n) is 4.52. The number of para-hydroxylation sites is 1. The van der Waals surface area contributed by atoms with E-state index >= 15 is 0 Å². The Bertz CT molecular complexity index is 1020. The van der Waals surface area contributed by atoms with Crippen LogP contribution in [0.4, 0.5) is 5.69 Å². The lowest BCUT2D eigenvalue weighted by molar-refractivity contribution is 0.0981. The van der Waals surface area contributed by atoms with Crippen LogP contribution in [0.25, 0.3) is 11.0 Å². The molecule has 2 heterocycles. The Morgan fingerprint density at radius 3 is 2.84 bits per heavy atom. The van der Waals surface area contributed by atoms with Gasteiger partial charge in [-0.1, -0.05) is 18.2 Å². The third-order valence-corrected chi connectivity index (χ3v) is 4.52. The van der Waals surface area contributed by atoms with Crippen LogP contribution in [0, 0.1) is 0 Å². The zero-order chi connectivity index (χ0) is 17.4. The van der Waals surface area contributed by atoms with Crippen LogP contribution in [0.15, 0.2) is 57.7 Å². The first-order valence-electron chi connectivity index (χ1n) is 8.19. The Hall–Kier alpha value is -3.08. The number of amides is 1. The van der Waals surface area contributed by atoms with Gasteiger partial charge in [-0.2, -0.15) is 0 Å². The molecule has 2 aromatic carbocycles. The number of aryl methyl sites for hydroxylation is 1. The number of anilines is 1. The predicted molar refractivity (Wildman–Crippen MR) is 95.5 cm³/mol. The zero-order valence-electron chi connectivity index (χ0n) is 13.8. The Morgan fingerprint density at radius 2 is 2.00 bits per heavy atom. The number of benzene rings is 2. The highest BCUT2D eigenvalue weighted by Gasteiger charge is 2.26. The highest BCUT2D eigenvalue weighted by molar-refractivity contribution is 6.07. The molecule has 1 aromatic heterocycles. The molecule has 1 aliphatic heterocycles. The summed E-state index contributed by atoms with van der Waals surface area (Å²) in [7, 11) is 1.62. The maximum Gasteiger partial charge on any atom is 0.349 e. The van der Waals surface area contributed by atoms with Crippen molar-refractivity contribution in [2.45, 2.75) is 12.8 Å².